The number of hydrogen-bond acceptors (Lipinski definition) is 3. The van der Waals surface area contributed by atoms with Crippen LogP contribution in [0.1, 0.15) is 46.0 Å². The summed E-state index contributed by atoms with van der Waals surface area (Å²) in [5.41, 5.74) is 1.62. The Morgan fingerprint density at radius 1 is 1.23 bits per heavy atom. The summed E-state index contributed by atoms with van der Waals surface area (Å²) in [7, 11) is 0. The third-order valence-electron chi connectivity index (χ3n) is 6.11. The Morgan fingerprint density at radius 2 is 2.05 bits per heavy atom. The van der Waals surface area contributed by atoms with E-state index in [0.717, 1.165) is 37.0 Å². The SMILES string of the molecule is CC1=CCC[C@H](C)[C@@H]1CNC1CCN(C[C@H]2CCOC2)CC1. The van der Waals surface area contributed by atoms with E-state index in [0.29, 0.717) is 0 Å². The van der Waals surface area contributed by atoms with Crippen LogP contribution in [0.2, 0.25) is 0 Å². The van der Waals surface area contributed by atoms with E-state index >= 15 is 0 Å². The first kappa shape index (κ1) is 16.5. The maximum atomic E-state index is 5.50. The minimum absolute atomic E-state index is 0.734. The summed E-state index contributed by atoms with van der Waals surface area (Å²) in [6.07, 6.45) is 9.01. The zero-order valence-electron chi connectivity index (χ0n) is 14.5. The van der Waals surface area contributed by atoms with Crippen LogP contribution in [0.3, 0.4) is 0 Å². The third kappa shape index (κ3) is 4.33. The van der Waals surface area contributed by atoms with Gasteiger partial charge in [0.25, 0.3) is 0 Å². The number of piperidine rings is 1. The van der Waals surface area contributed by atoms with Crippen LogP contribution in [0.5, 0.6) is 0 Å². The van der Waals surface area contributed by atoms with Crippen molar-refractivity contribution in [2.24, 2.45) is 17.8 Å². The second kappa shape index (κ2) is 7.94. The number of likely N-dealkylation sites (tertiary alicyclic amines) is 1. The lowest BCUT2D eigenvalue weighted by Gasteiger charge is -2.36. The molecule has 0 unspecified atom stereocenters. The summed E-state index contributed by atoms with van der Waals surface area (Å²) >= 11 is 0. The molecule has 0 aromatic carbocycles. The number of nitrogens with one attached hydrogen (secondary N) is 1. The average molecular weight is 306 g/mol. The normalized spacial score (nSPS) is 34.8. The van der Waals surface area contributed by atoms with Crippen LogP contribution in [0, 0.1) is 17.8 Å². The van der Waals surface area contributed by atoms with Crippen LogP contribution in [0.4, 0.5) is 0 Å². The lowest BCUT2D eigenvalue weighted by atomic mass is 9.80. The number of ether oxygens (including phenoxy) is 1. The van der Waals surface area contributed by atoms with Crippen molar-refractivity contribution in [1.29, 1.82) is 0 Å². The molecular formula is C19H34N2O. The molecule has 3 rings (SSSR count). The predicted octanol–water partition coefficient (Wildman–Crippen LogP) is 3.07. The number of allylic oxidation sites excluding steroid dienone is 1. The predicted molar refractivity (Wildman–Crippen MR) is 92.0 cm³/mol. The molecule has 126 valence electrons. The van der Waals surface area contributed by atoms with E-state index in [-0.39, 0.29) is 0 Å². The van der Waals surface area contributed by atoms with Gasteiger partial charge in [0.15, 0.2) is 0 Å². The molecule has 1 aliphatic carbocycles. The molecule has 3 nitrogen and oxygen atoms in total. The standard InChI is InChI=1S/C19H34N2O/c1-15-4-3-5-16(2)19(15)12-20-18-6-9-21(10-7-18)13-17-8-11-22-14-17/h4,16-20H,3,5-14H2,1-2H3/t16-,17+,19+/m0/s1. The van der Waals surface area contributed by atoms with E-state index in [1.807, 2.05) is 0 Å². The van der Waals surface area contributed by atoms with Gasteiger partial charge in [-0.15, -0.1) is 0 Å². The monoisotopic (exact) mass is 306 g/mol. The molecule has 0 bridgehead atoms. The quantitative estimate of drug-likeness (QED) is 0.790. The molecule has 2 saturated heterocycles. The molecule has 3 heteroatoms. The minimum atomic E-state index is 0.734. The highest BCUT2D eigenvalue weighted by Gasteiger charge is 2.26. The van der Waals surface area contributed by atoms with E-state index in [1.54, 1.807) is 5.57 Å². The first-order chi connectivity index (χ1) is 10.7. The Labute approximate surface area is 136 Å². The van der Waals surface area contributed by atoms with Crippen LogP contribution >= 0.6 is 0 Å². The highest BCUT2D eigenvalue weighted by atomic mass is 16.5. The summed E-state index contributed by atoms with van der Waals surface area (Å²) in [6.45, 7) is 11.7. The van der Waals surface area contributed by atoms with Gasteiger partial charge in [-0.1, -0.05) is 18.6 Å². The molecule has 0 aromatic heterocycles. The molecule has 1 N–H and O–H groups in total. The van der Waals surface area contributed by atoms with E-state index in [2.05, 4.69) is 30.1 Å². The summed E-state index contributed by atoms with van der Waals surface area (Å²) in [5, 5.41) is 3.87. The summed E-state index contributed by atoms with van der Waals surface area (Å²) < 4.78 is 5.50. The van der Waals surface area contributed by atoms with Crippen LogP contribution < -0.4 is 5.32 Å². The van der Waals surface area contributed by atoms with Crippen LogP contribution in [-0.2, 0) is 4.74 Å². The highest BCUT2D eigenvalue weighted by molar-refractivity contribution is 5.09. The van der Waals surface area contributed by atoms with Gasteiger partial charge in [0.2, 0.25) is 0 Å². The molecule has 3 aliphatic rings. The van der Waals surface area contributed by atoms with E-state index < -0.39 is 0 Å². The fourth-order valence-electron chi connectivity index (χ4n) is 4.44. The van der Waals surface area contributed by atoms with Gasteiger partial charge in [-0.25, -0.2) is 0 Å². The maximum absolute atomic E-state index is 5.50. The topological polar surface area (TPSA) is 24.5 Å². The van der Waals surface area contributed by atoms with Gasteiger partial charge in [-0.05, 0) is 69.9 Å². The molecular weight excluding hydrogens is 272 g/mol. The van der Waals surface area contributed by atoms with Gasteiger partial charge in [-0.2, -0.15) is 0 Å². The van der Waals surface area contributed by atoms with Crippen molar-refractivity contribution in [3.8, 4) is 0 Å². The Hall–Kier alpha value is -0.380. The smallest absolute Gasteiger partial charge is 0.0507 e. The molecule has 2 aliphatic heterocycles. The molecule has 0 aromatic rings. The van der Waals surface area contributed by atoms with E-state index in [4.69, 9.17) is 4.74 Å². The largest absolute Gasteiger partial charge is 0.381 e. The summed E-state index contributed by atoms with van der Waals surface area (Å²) in [4.78, 5) is 2.66. The van der Waals surface area contributed by atoms with Crippen LogP contribution in [0.15, 0.2) is 11.6 Å². The zero-order chi connectivity index (χ0) is 15.4. The average Bonchev–Trinajstić information content (AvgIpc) is 3.01. The Morgan fingerprint density at radius 3 is 2.73 bits per heavy atom. The molecule has 0 radical (unpaired) electrons. The first-order valence-electron chi connectivity index (χ1n) is 9.42. The van der Waals surface area contributed by atoms with Crippen LogP contribution in [0.25, 0.3) is 0 Å². The van der Waals surface area contributed by atoms with Gasteiger partial charge in [0.1, 0.15) is 0 Å². The molecule has 0 spiro atoms. The molecule has 2 fully saturated rings. The number of rotatable bonds is 5. The fraction of sp³-hybridized carbons (Fsp3) is 0.895. The molecule has 0 amide bonds. The maximum Gasteiger partial charge on any atom is 0.0507 e. The van der Waals surface area contributed by atoms with E-state index in [1.165, 1.54) is 58.3 Å². The van der Waals surface area contributed by atoms with Crippen molar-refractivity contribution in [3.63, 3.8) is 0 Å². The fourth-order valence-corrected chi connectivity index (χ4v) is 4.44. The second-order valence-electron chi connectivity index (χ2n) is 7.82. The van der Waals surface area contributed by atoms with Gasteiger partial charge in [-0.3, -0.25) is 0 Å². The zero-order valence-corrected chi connectivity index (χ0v) is 14.5. The Bertz CT molecular complexity index is 368. The van der Waals surface area contributed by atoms with Gasteiger partial charge >= 0.3 is 0 Å². The number of nitrogens with zero attached hydrogens (tertiary/aromatic N) is 1. The van der Waals surface area contributed by atoms with Gasteiger partial charge < -0.3 is 15.0 Å². The lowest BCUT2D eigenvalue weighted by molar-refractivity contribution is 0.146. The summed E-state index contributed by atoms with van der Waals surface area (Å²) in [6, 6.07) is 0.734. The van der Waals surface area contributed by atoms with Crippen molar-refractivity contribution in [3.05, 3.63) is 11.6 Å². The molecule has 22 heavy (non-hydrogen) atoms. The molecule has 0 saturated carbocycles. The third-order valence-corrected chi connectivity index (χ3v) is 6.11. The van der Waals surface area contributed by atoms with Gasteiger partial charge in [0.05, 0.1) is 6.61 Å². The van der Waals surface area contributed by atoms with Crippen molar-refractivity contribution < 1.29 is 4.74 Å². The second-order valence-corrected chi connectivity index (χ2v) is 7.82. The Balaban J connectivity index is 1.36. The van der Waals surface area contributed by atoms with Crippen molar-refractivity contribution in [2.75, 3.05) is 39.4 Å². The first-order valence-corrected chi connectivity index (χ1v) is 9.42. The van der Waals surface area contributed by atoms with Crippen LogP contribution in [-0.4, -0.2) is 50.3 Å². The van der Waals surface area contributed by atoms with Crippen molar-refractivity contribution >= 4 is 0 Å². The van der Waals surface area contributed by atoms with E-state index in [9.17, 15) is 0 Å². The minimum Gasteiger partial charge on any atom is -0.381 e. The van der Waals surface area contributed by atoms with Gasteiger partial charge in [0, 0.05) is 25.7 Å². The molecule has 3 atom stereocenters. The molecule has 2 heterocycles. The summed E-state index contributed by atoms with van der Waals surface area (Å²) in [5.74, 6) is 2.41. The lowest BCUT2D eigenvalue weighted by Crippen LogP contribution is -2.45. The van der Waals surface area contributed by atoms with Crippen molar-refractivity contribution in [2.45, 2.75) is 52.0 Å². The van der Waals surface area contributed by atoms with Crippen molar-refractivity contribution in [1.82, 2.24) is 10.2 Å². The number of hydrogen-bond donors (Lipinski definition) is 1. The highest BCUT2D eigenvalue weighted by Crippen LogP contribution is 2.29. The Kier molecular flexibility index (Phi) is 5.95.